The number of anilines is 1. The largest absolute Gasteiger partial charge is 0.395 e. The van der Waals surface area contributed by atoms with E-state index in [2.05, 4.69) is 30.6 Å². The molecule has 3 heterocycles. The molecule has 1 aromatic heterocycles. The van der Waals surface area contributed by atoms with Crippen molar-refractivity contribution >= 4 is 28.7 Å². The van der Waals surface area contributed by atoms with Crippen LogP contribution in [0.4, 0.5) is 5.69 Å². The summed E-state index contributed by atoms with van der Waals surface area (Å²) < 4.78 is 0. The van der Waals surface area contributed by atoms with Gasteiger partial charge < -0.3 is 15.3 Å². The summed E-state index contributed by atoms with van der Waals surface area (Å²) in [5.74, 6) is 0. The summed E-state index contributed by atoms with van der Waals surface area (Å²) in [6.07, 6.45) is 2.60. The van der Waals surface area contributed by atoms with Gasteiger partial charge in [-0.1, -0.05) is 0 Å². The summed E-state index contributed by atoms with van der Waals surface area (Å²) in [6, 6.07) is 3.93. The van der Waals surface area contributed by atoms with Crippen molar-refractivity contribution in [3.63, 3.8) is 0 Å². The normalized spacial score (nSPS) is 20.0. The fourth-order valence-electron chi connectivity index (χ4n) is 2.82. The van der Waals surface area contributed by atoms with Gasteiger partial charge in [-0.15, -0.1) is 0 Å². The zero-order valence-corrected chi connectivity index (χ0v) is 13.8. The zero-order valence-electron chi connectivity index (χ0n) is 13.0. The molecule has 2 aliphatic heterocycles. The second-order valence-electron chi connectivity index (χ2n) is 5.60. The van der Waals surface area contributed by atoms with Gasteiger partial charge in [-0.05, 0) is 24.4 Å². The monoisotopic (exact) mass is 334 g/mol. The van der Waals surface area contributed by atoms with Gasteiger partial charge in [-0.25, -0.2) is 0 Å². The third-order valence-corrected chi connectivity index (χ3v) is 4.47. The lowest BCUT2D eigenvalue weighted by molar-refractivity contribution is 0.146. The van der Waals surface area contributed by atoms with Gasteiger partial charge in [0.1, 0.15) is 5.69 Å². The molecule has 0 aliphatic carbocycles. The first-order valence-corrected chi connectivity index (χ1v) is 8.32. The van der Waals surface area contributed by atoms with Crippen LogP contribution >= 0.6 is 12.2 Å². The lowest BCUT2D eigenvalue weighted by Crippen LogP contribution is -2.51. The second-order valence-corrected chi connectivity index (χ2v) is 5.99. The van der Waals surface area contributed by atoms with E-state index in [-0.39, 0.29) is 6.61 Å². The topological polar surface area (TPSA) is 76.0 Å². The Labute approximate surface area is 141 Å². The molecule has 0 radical (unpaired) electrons. The molecule has 1 saturated heterocycles. The molecule has 0 unspecified atom stereocenters. The first-order valence-electron chi connectivity index (χ1n) is 7.92. The molecule has 0 atom stereocenters. The van der Waals surface area contributed by atoms with Crippen LogP contribution < -0.4 is 10.7 Å². The van der Waals surface area contributed by atoms with E-state index in [9.17, 15) is 0 Å². The Bertz CT molecular complexity index is 585. The van der Waals surface area contributed by atoms with Crippen LogP contribution in [0.25, 0.3) is 0 Å². The van der Waals surface area contributed by atoms with Gasteiger partial charge in [0.25, 0.3) is 0 Å². The standard InChI is InChI=1S/C15H22N6OS/c22-11-10-20-6-8-21(9-7-20)15(23)19-18-13-3-5-16-12-2-1-4-17-14(12)13/h1-2,4,16,22H,3,5-11H2,(H,19,23)/b18-13-. The second kappa shape index (κ2) is 7.67. The van der Waals surface area contributed by atoms with Crippen molar-refractivity contribution in [2.75, 3.05) is 51.2 Å². The highest BCUT2D eigenvalue weighted by Gasteiger charge is 2.19. The van der Waals surface area contributed by atoms with E-state index in [4.69, 9.17) is 17.3 Å². The number of aliphatic hydroxyl groups is 1. The minimum absolute atomic E-state index is 0.205. The summed E-state index contributed by atoms with van der Waals surface area (Å²) >= 11 is 5.45. The van der Waals surface area contributed by atoms with Crippen molar-refractivity contribution in [1.82, 2.24) is 20.2 Å². The molecule has 0 saturated carbocycles. The van der Waals surface area contributed by atoms with Crippen LogP contribution in [0.2, 0.25) is 0 Å². The van der Waals surface area contributed by atoms with Crippen molar-refractivity contribution in [3.8, 4) is 0 Å². The van der Waals surface area contributed by atoms with E-state index in [1.807, 2.05) is 12.1 Å². The number of β-amino-alcohol motifs (C(OH)–C–C–N with tert-alkyl or cyclic N) is 1. The van der Waals surface area contributed by atoms with Gasteiger partial charge in [-0.2, -0.15) is 5.10 Å². The molecule has 1 aromatic rings. The average molecular weight is 334 g/mol. The number of nitrogens with one attached hydrogen (secondary N) is 2. The number of pyridine rings is 1. The third-order valence-electron chi connectivity index (χ3n) is 4.12. The number of thiocarbonyl (C=S) groups is 1. The summed E-state index contributed by atoms with van der Waals surface area (Å²) in [5, 5.41) is 17.4. The zero-order chi connectivity index (χ0) is 16.1. The van der Waals surface area contributed by atoms with E-state index in [0.29, 0.717) is 5.11 Å². The molecular formula is C15H22N6OS. The molecule has 23 heavy (non-hydrogen) atoms. The number of hydrogen-bond acceptors (Lipinski definition) is 6. The van der Waals surface area contributed by atoms with Crippen LogP contribution in [0.5, 0.6) is 0 Å². The number of hydrogen-bond donors (Lipinski definition) is 3. The van der Waals surface area contributed by atoms with Gasteiger partial charge in [0.2, 0.25) is 0 Å². The van der Waals surface area contributed by atoms with Gasteiger partial charge in [0.15, 0.2) is 5.11 Å². The predicted octanol–water partition coefficient (Wildman–Crippen LogP) is 0.0857. The first-order chi connectivity index (χ1) is 11.3. The Morgan fingerprint density at radius 3 is 3.00 bits per heavy atom. The third kappa shape index (κ3) is 3.95. The van der Waals surface area contributed by atoms with Crippen LogP contribution in [0.15, 0.2) is 23.4 Å². The molecular weight excluding hydrogens is 312 g/mol. The lowest BCUT2D eigenvalue weighted by Gasteiger charge is -2.35. The quantitative estimate of drug-likeness (QED) is 0.534. The van der Waals surface area contributed by atoms with Gasteiger partial charge in [0.05, 0.1) is 18.0 Å². The Morgan fingerprint density at radius 1 is 1.39 bits per heavy atom. The molecule has 124 valence electrons. The smallest absolute Gasteiger partial charge is 0.189 e. The molecule has 3 N–H and O–H groups in total. The van der Waals surface area contributed by atoms with Crippen LogP contribution in [0, 0.1) is 0 Å². The summed E-state index contributed by atoms with van der Waals surface area (Å²) in [7, 11) is 0. The van der Waals surface area contributed by atoms with E-state index in [0.717, 1.165) is 62.8 Å². The van der Waals surface area contributed by atoms with Crippen molar-refractivity contribution in [2.24, 2.45) is 5.10 Å². The van der Waals surface area contributed by atoms with E-state index in [1.165, 1.54) is 0 Å². The van der Waals surface area contributed by atoms with Crippen molar-refractivity contribution in [3.05, 3.63) is 24.0 Å². The molecule has 2 aliphatic rings. The minimum Gasteiger partial charge on any atom is -0.395 e. The van der Waals surface area contributed by atoms with E-state index in [1.54, 1.807) is 6.20 Å². The van der Waals surface area contributed by atoms with Crippen LogP contribution in [0.3, 0.4) is 0 Å². The van der Waals surface area contributed by atoms with Gasteiger partial charge in [0, 0.05) is 51.9 Å². The molecule has 7 nitrogen and oxygen atoms in total. The minimum atomic E-state index is 0.205. The molecule has 0 spiro atoms. The molecule has 3 rings (SSSR count). The van der Waals surface area contributed by atoms with Crippen LogP contribution in [0.1, 0.15) is 12.1 Å². The molecule has 0 amide bonds. The predicted molar refractivity (Wildman–Crippen MR) is 94.7 cm³/mol. The lowest BCUT2D eigenvalue weighted by atomic mass is 10.1. The van der Waals surface area contributed by atoms with Crippen molar-refractivity contribution < 1.29 is 5.11 Å². The number of nitrogens with zero attached hydrogens (tertiary/aromatic N) is 4. The first kappa shape index (κ1) is 16.1. The van der Waals surface area contributed by atoms with Crippen molar-refractivity contribution in [1.29, 1.82) is 0 Å². The molecule has 1 fully saturated rings. The number of fused-ring (bicyclic) bond motifs is 1. The van der Waals surface area contributed by atoms with Crippen LogP contribution in [-0.2, 0) is 0 Å². The van der Waals surface area contributed by atoms with E-state index < -0.39 is 0 Å². The number of aliphatic hydroxyl groups excluding tert-OH is 1. The summed E-state index contributed by atoms with van der Waals surface area (Å²) in [4.78, 5) is 8.75. The Kier molecular flexibility index (Phi) is 5.37. The summed E-state index contributed by atoms with van der Waals surface area (Å²) in [6.45, 7) is 5.31. The Balaban J connectivity index is 1.57. The fourth-order valence-corrected chi connectivity index (χ4v) is 3.05. The molecule has 0 bridgehead atoms. The Hall–Kier alpha value is -1.77. The Morgan fingerprint density at radius 2 is 2.22 bits per heavy atom. The SMILES string of the molecule is OCCN1CCN(C(=S)N/N=C2/CCNc3cccnc32)CC1. The maximum Gasteiger partial charge on any atom is 0.189 e. The highest BCUT2D eigenvalue weighted by molar-refractivity contribution is 7.80. The summed E-state index contributed by atoms with van der Waals surface area (Å²) in [5.41, 5.74) is 5.86. The maximum atomic E-state index is 8.98. The highest BCUT2D eigenvalue weighted by Crippen LogP contribution is 2.18. The highest BCUT2D eigenvalue weighted by atomic mass is 32.1. The van der Waals surface area contributed by atoms with Crippen molar-refractivity contribution in [2.45, 2.75) is 6.42 Å². The number of piperazine rings is 1. The van der Waals surface area contributed by atoms with E-state index >= 15 is 0 Å². The molecule has 8 heteroatoms. The number of rotatable bonds is 3. The average Bonchev–Trinajstić information content (AvgIpc) is 2.60. The van der Waals surface area contributed by atoms with Crippen LogP contribution in [-0.4, -0.2) is 76.6 Å². The number of aromatic nitrogens is 1. The van der Waals surface area contributed by atoms with Gasteiger partial charge >= 0.3 is 0 Å². The molecule has 0 aromatic carbocycles. The number of hydrazone groups is 1. The van der Waals surface area contributed by atoms with Gasteiger partial charge in [-0.3, -0.25) is 15.3 Å². The fraction of sp³-hybridized carbons (Fsp3) is 0.533. The maximum absolute atomic E-state index is 8.98.